The Morgan fingerprint density at radius 1 is 1.13 bits per heavy atom. The number of ketones is 1. The summed E-state index contributed by atoms with van der Waals surface area (Å²) in [5.41, 5.74) is 3.21. The van der Waals surface area contributed by atoms with Crippen molar-refractivity contribution in [1.29, 1.82) is 0 Å². The molecule has 0 aliphatic rings. The van der Waals surface area contributed by atoms with Crippen molar-refractivity contribution in [2.24, 2.45) is 0 Å². The first-order valence-corrected chi connectivity index (χ1v) is 8.45. The lowest BCUT2D eigenvalue weighted by Crippen LogP contribution is -1.95. The van der Waals surface area contributed by atoms with Crippen LogP contribution in [0.3, 0.4) is 0 Å². The summed E-state index contributed by atoms with van der Waals surface area (Å²) in [6.45, 7) is 1.55. The third kappa shape index (κ3) is 3.72. The number of nitrogens with zero attached hydrogens (tertiary/aromatic N) is 1. The average Bonchev–Trinajstić information content (AvgIpc) is 2.99. The van der Waals surface area contributed by atoms with E-state index in [9.17, 15) is 4.79 Å². The number of rotatable bonds is 4. The molecule has 1 aromatic heterocycles. The number of aromatic nitrogens is 1. The number of Topliss-reactive ketones (excluding diaryl/α,β-unsaturated/α-hetero) is 1. The third-order valence-electron chi connectivity index (χ3n) is 3.24. The Hall–Kier alpha value is -1.88. The van der Waals surface area contributed by atoms with Crippen LogP contribution in [0.25, 0.3) is 11.3 Å². The van der Waals surface area contributed by atoms with E-state index in [0.29, 0.717) is 15.6 Å². The Bertz CT molecular complexity index is 877. The van der Waals surface area contributed by atoms with Gasteiger partial charge in [0.05, 0.1) is 15.7 Å². The highest BCUT2D eigenvalue weighted by Gasteiger charge is 2.08. The van der Waals surface area contributed by atoms with E-state index in [0.717, 1.165) is 22.1 Å². The van der Waals surface area contributed by atoms with Crippen LogP contribution in [0.15, 0.2) is 47.8 Å². The van der Waals surface area contributed by atoms with Crippen LogP contribution in [0.2, 0.25) is 10.0 Å². The second kappa shape index (κ2) is 6.71. The minimum absolute atomic E-state index is 0.0317. The quantitative estimate of drug-likeness (QED) is 0.573. The van der Waals surface area contributed by atoms with Crippen LogP contribution >= 0.6 is 34.5 Å². The van der Waals surface area contributed by atoms with Gasteiger partial charge in [-0.1, -0.05) is 41.4 Å². The second-order valence-electron chi connectivity index (χ2n) is 4.93. The van der Waals surface area contributed by atoms with E-state index in [-0.39, 0.29) is 5.78 Å². The fourth-order valence-electron chi connectivity index (χ4n) is 2.06. The Morgan fingerprint density at radius 3 is 2.70 bits per heavy atom. The number of hydrogen-bond donors (Lipinski definition) is 1. The highest BCUT2D eigenvalue weighted by Crippen LogP contribution is 2.31. The fourth-order valence-corrected chi connectivity index (χ4v) is 3.10. The summed E-state index contributed by atoms with van der Waals surface area (Å²) in [5.74, 6) is 0.0317. The molecule has 0 atom stereocenters. The van der Waals surface area contributed by atoms with Gasteiger partial charge in [0.25, 0.3) is 0 Å². The number of carbonyl (C=O) groups is 1. The fraction of sp³-hybridized carbons (Fsp3) is 0.0588. The van der Waals surface area contributed by atoms with E-state index in [4.69, 9.17) is 23.2 Å². The van der Waals surface area contributed by atoms with Crippen molar-refractivity contribution in [1.82, 2.24) is 4.98 Å². The lowest BCUT2D eigenvalue weighted by atomic mass is 10.1. The number of hydrogen-bond acceptors (Lipinski definition) is 4. The van der Waals surface area contributed by atoms with Gasteiger partial charge in [-0.05, 0) is 31.2 Å². The molecule has 2 aromatic carbocycles. The molecule has 3 nitrogen and oxygen atoms in total. The zero-order valence-electron chi connectivity index (χ0n) is 12.1. The standard InChI is InChI=1S/C17H12Cl2N2OS/c1-10(22)11-3-2-4-13(7-11)20-17-21-16(9-23-17)12-5-6-14(18)15(19)8-12/h2-9H,1H3,(H,20,21). The number of thiazole rings is 1. The largest absolute Gasteiger partial charge is 0.332 e. The van der Waals surface area contributed by atoms with Crippen molar-refractivity contribution in [3.05, 3.63) is 63.5 Å². The summed E-state index contributed by atoms with van der Waals surface area (Å²) in [5, 5.41) is 6.91. The summed E-state index contributed by atoms with van der Waals surface area (Å²) >= 11 is 13.5. The Labute approximate surface area is 147 Å². The van der Waals surface area contributed by atoms with Crippen LogP contribution in [0.5, 0.6) is 0 Å². The van der Waals surface area contributed by atoms with Crippen molar-refractivity contribution in [3.63, 3.8) is 0 Å². The van der Waals surface area contributed by atoms with Crippen molar-refractivity contribution in [2.45, 2.75) is 6.92 Å². The zero-order valence-corrected chi connectivity index (χ0v) is 14.5. The van der Waals surface area contributed by atoms with E-state index in [1.807, 2.05) is 29.6 Å². The molecule has 1 N–H and O–H groups in total. The predicted molar refractivity (Wildman–Crippen MR) is 97.3 cm³/mol. The lowest BCUT2D eigenvalue weighted by molar-refractivity contribution is 0.101. The van der Waals surface area contributed by atoms with E-state index in [1.165, 1.54) is 11.3 Å². The first kappa shape index (κ1) is 16.0. The van der Waals surface area contributed by atoms with Crippen LogP contribution < -0.4 is 5.32 Å². The minimum Gasteiger partial charge on any atom is -0.332 e. The number of halogens is 2. The molecule has 6 heteroatoms. The van der Waals surface area contributed by atoms with Gasteiger partial charge in [-0.15, -0.1) is 11.3 Å². The molecule has 0 bridgehead atoms. The van der Waals surface area contributed by atoms with Gasteiger partial charge in [0.1, 0.15) is 0 Å². The number of nitrogens with one attached hydrogen (secondary N) is 1. The minimum atomic E-state index is 0.0317. The maximum atomic E-state index is 11.4. The molecule has 0 unspecified atom stereocenters. The van der Waals surface area contributed by atoms with Crippen LogP contribution in [0, 0.1) is 0 Å². The maximum absolute atomic E-state index is 11.4. The summed E-state index contributed by atoms with van der Waals surface area (Å²) < 4.78 is 0. The molecule has 23 heavy (non-hydrogen) atoms. The predicted octanol–water partition coefficient (Wildman–Crippen LogP) is 6.06. The number of anilines is 2. The monoisotopic (exact) mass is 362 g/mol. The summed E-state index contributed by atoms with van der Waals surface area (Å²) in [4.78, 5) is 16.0. The maximum Gasteiger partial charge on any atom is 0.187 e. The molecule has 0 radical (unpaired) electrons. The topological polar surface area (TPSA) is 42.0 Å². The molecule has 0 fully saturated rings. The molecule has 0 aliphatic carbocycles. The van der Waals surface area contributed by atoms with Gasteiger partial charge < -0.3 is 5.32 Å². The van der Waals surface area contributed by atoms with Crippen LogP contribution in [0.4, 0.5) is 10.8 Å². The molecule has 0 saturated carbocycles. The Balaban J connectivity index is 1.83. The highest BCUT2D eigenvalue weighted by atomic mass is 35.5. The molecule has 3 rings (SSSR count). The van der Waals surface area contributed by atoms with Crippen molar-refractivity contribution < 1.29 is 4.79 Å². The van der Waals surface area contributed by atoms with Gasteiger partial charge in [-0.2, -0.15) is 0 Å². The first-order valence-electron chi connectivity index (χ1n) is 6.82. The molecule has 0 aliphatic heterocycles. The van der Waals surface area contributed by atoms with E-state index < -0.39 is 0 Å². The third-order valence-corrected chi connectivity index (χ3v) is 4.74. The second-order valence-corrected chi connectivity index (χ2v) is 6.60. The molecular weight excluding hydrogens is 351 g/mol. The van der Waals surface area contributed by atoms with Crippen LogP contribution in [-0.4, -0.2) is 10.8 Å². The Kier molecular flexibility index (Phi) is 4.66. The van der Waals surface area contributed by atoms with Crippen molar-refractivity contribution in [2.75, 3.05) is 5.32 Å². The molecular formula is C17H12Cl2N2OS. The normalized spacial score (nSPS) is 10.6. The van der Waals surface area contributed by atoms with E-state index in [2.05, 4.69) is 10.3 Å². The molecule has 0 spiro atoms. The van der Waals surface area contributed by atoms with Gasteiger partial charge in [-0.3, -0.25) is 4.79 Å². The highest BCUT2D eigenvalue weighted by molar-refractivity contribution is 7.14. The van der Waals surface area contributed by atoms with Gasteiger partial charge in [0.2, 0.25) is 0 Å². The SMILES string of the molecule is CC(=O)c1cccc(Nc2nc(-c3ccc(Cl)c(Cl)c3)cs2)c1. The molecule has 3 aromatic rings. The number of carbonyl (C=O) groups excluding carboxylic acids is 1. The van der Waals surface area contributed by atoms with E-state index in [1.54, 1.807) is 25.1 Å². The van der Waals surface area contributed by atoms with Gasteiger partial charge >= 0.3 is 0 Å². The smallest absolute Gasteiger partial charge is 0.187 e. The van der Waals surface area contributed by atoms with Gasteiger partial charge in [0.15, 0.2) is 10.9 Å². The Morgan fingerprint density at radius 2 is 1.96 bits per heavy atom. The molecule has 116 valence electrons. The molecule has 1 heterocycles. The summed E-state index contributed by atoms with van der Waals surface area (Å²) in [6, 6.07) is 12.8. The van der Waals surface area contributed by atoms with Crippen LogP contribution in [-0.2, 0) is 0 Å². The van der Waals surface area contributed by atoms with Crippen LogP contribution in [0.1, 0.15) is 17.3 Å². The summed E-state index contributed by atoms with van der Waals surface area (Å²) in [6.07, 6.45) is 0. The van der Waals surface area contributed by atoms with Gasteiger partial charge in [-0.25, -0.2) is 4.98 Å². The summed E-state index contributed by atoms with van der Waals surface area (Å²) in [7, 11) is 0. The van der Waals surface area contributed by atoms with E-state index >= 15 is 0 Å². The lowest BCUT2D eigenvalue weighted by Gasteiger charge is -2.04. The first-order chi connectivity index (χ1) is 11.0. The molecule has 0 saturated heterocycles. The molecule has 0 amide bonds. The number of benzene rings is 2. The van der Waals surface area contributed by atoms with Crippen molar-refractivity contribution in [3.8, 4) is 11.3 Å². The van der Waals surface area contributed by atoms with Gasteiger partial charge in [0, 0.05) is 22.2 Å². The average molecular weight is 363 g/mol. The van der Waals surface area contributed by atoms with Crippen molar-refractivity contribution >= 4 is 51.1 Å². The zero-order chi connectivity index (χ0) is 16.4.